The molecular weight excluding hydrogens is 272 g/mol. The van der Waals surface area contributed by atoms with Crippen LogP contribution in [-0.4, -0.2) is 57.0 Å². The zero-order valence-electron chi connectivity index (χ0n) is 13.6. The van der Waals surface area contributed by atoms with E-state index in [4.69, 9.17) is 0 Å². The highest BCUT2D eigenvalue weighted by molar-refractivity contribution is 7.91. The predicted octanol–water partition coefficient (Wildman–Crippen LogP) is 1.91. The number of rotatable bonds is 8. The van der Waals surface area contributed by atoms with Crippen LogP contribution in [0.3, 0.4) is 0 Å². The molecule has 0 saturated carbocycles. The van der Waals surface area contributed by atoms with E-state index in [9.17, 15) is 8.42 Å². The third kappa shape index (κ3) is 5.01. The fraction of sp³-hybridized carbons (Fsp3) is 1.00. The molecule has 1 rings (SSSR count). The summed E-state index contributed by atoms with van der Waals surface area (Å²) in [4.78, 5) is 2.38. The summed E-state index contributed by atoms with van der Waals surface area (Å²) in [6.45, 7) is 12.5. The van der Waals surface area contributed by atoms with Crippen molar-refractivity contribution in [3.05, 3.63) is 0 Å². The lowest BCUT2D eigenvalue weighted by Crippen LogP contribution is -2.52. The Kier molecular flexibility index (Phi) is 6.95. The van der Waals surface area contributed by atoms with Crippen molar-refractivity contribution in [3.8, 4) is 0 Å². The molecule has 0 aromatic heterocycles. The van der Waals surface area contributed by atoms with Crippen LogP contribution in [0.5, 0.6) is 0 Å². The van der Waals surface area contributed by atoms with Crippen LogP contribution in [-0.2, 0) is 9.84 Å². The Morgan fingerprint density at radius 3 is 2.40 bits per heavy atom. The van der Waals surface area contributed by atoms with Crippen LogP contribution in [0, 0.1) is 5.41 Å². The zero-order valence-corrected chi connectivity index (χ0v) is 14.4. The highest BCUT2D eigenvalue weighted by atomic mass is 32.2. The maximum Gasteiger partial charge on any atom is 0.153 e. The second kappa shape index (κ2) is 7.76. The average Bonchev–Trinajstić information content (AvgIpc) is 2.40. The van der Waals surface area contributed by atoms with Crippen molar-refractivity contribution in [1.82, 2.24) is 10.2 Å². The molecular formula is C15H32N2O2S. The molecule has 1 N–H and O–H groups in total. The minimum Gasteiger partial charge on any atom is -0.316 e. The lowest BCUT2D eigenvalue weighted by Gasteiger charge is -2.42. The smallest absolute Gasteiger partial charge is 0.153 e. The Hall–Kier alpha value is -0.130. The van der Waals surface area contributed by atoms with Gasteiger partial charge in [0, 0.05) is 25.7 Å². The van der Waals surface area contributed by atoms with Gasteiger partial charge in [-0.05, 0) is 38.1 Å². The van der Waals surface area contributed by atoms with Crippen molar-refractivity contribution in [2.75, 3.05) is 37.7 Å². The van der Waals surface area contributed by atoms with E-state index in [-0.39, 0.29) is 11.5 Å². The largest absolute Gasteiger partial charge is 0.316 e. The molecule has 5 heteroatoms. The van der Waals surface area contributed by atoms with Crippen molar-refractivity contribution in [2.24, 2.45) is 5.41 Å². The second-order valence-corrected chi connectivity index (χ2v) is 8.55. The lowest BCUT2D eigenvalue weighted by atomic mass is 9.81. The van der Waals surface area contributed by atoms with E-state index in [0.717, 1.165) is 38.9 Å². The first-order valence-corrected chi connectivity index (χ1v) is 9.85. The van der Waals surface area contributed by atoms with Gasteiger partial charge in [-0.2, -0.15) is 0 Å². The highest BCUT2D eigenvalue weighted by Gasteiger charge is 2.34. The van der Waals surface area contributed by atoms with Gasteiger partial charge in [0.15, 0.2) is 9.84 Å². The number of hydrogen-bond acceptors (Lipinski definition) is 4. The molecule has 0 amide bonds. The molecule has 1 unspecified atom stereocenters. The summed E-state index contributed by atoms with van der Waals surface area (Å²) in [5.41, 5.74) is 0.268. The van der Waals surface area contributed by atoms with Gasteiger partial charge in [-0.15, -0.1) is 0 Å². The molecule has 0 aliphatic carbocycles. The Morgan fingerprint density at radius 1 is 1.25 bits per heavy atom. The van der Waals surface area contributed by atoms with Gasteiger partial charge in [-0.3, -0.25) is 4.90 Å². The molecule has 1 saturated heterocycles. The lowest BCUT2D eigenvalue weighted by molar-refractivity contribution is 0.112. The molecule has 20 heavy (non-hydrogen) atoms. The number of nitrogens with one attached hydrogen (secondary N) is 1. The van der Waals surface area contributed by atoms with Crippen LogP contribution >= 0.6 is 0 Å². The first-order valence-electron chi connectivity index (χ1n) is 8.03. The van der Waals surface area contributed by atoms with E-state index in [1.54, 1.807) is 0 Å². The van der Waals surface area contributed by atoms with Crippen molar-refractivity contribution < 1.29 is 8.42 Å². The minimum absolute atomic E-state index is 0.150. The monoisotopic (exact) mass is 304 g/mol. The molecule has 1 aliphatic heterocycles. The standard InChI is InChI=1S/C15H32N2O2S/c1-5-8-16-12-15(6-2,7-3)13-17-9-10-20(18,19)11-14(17)4/h14,16H,5-13H2,1-4H3. The van der Waals surface area contributed by atoms with Crippen molar-refractivity contribution >= 4 is 9.84 Å². The predicted molar refractivity (Wildman–Crippen MR) is 85.9 cm³/mol. The summed E-state index contributed by atoms with van der Waals surface area (Å²) in [5, 5.41) is 3.55. The van der Waals surface area contributed by atoms with E-state index in [2.05, 4.69) is 31.0 Å². The average molecular weight is 305 g/mol. The van der Waals surface area contributed by atoms with E-state index in [1.165, 1.54) is 0 Å². The number of nitrogens with zero attached hydrogens (tertiary/aromatic N) is 1. The maximum absolute atomic E-state index is 11.7. The Morgan fingerprint density at radius 2 is 1.90 bits per heavy atom. The zero-order chi connectivity index (χ0) is 15.2. The van der Waals surface area contributed by atoms with Crippen molar-refractivity contribution in [3.63, 3.8) is 0 Å². The molecule has 4 nitrogen and oxygen atoms in total. The first kappa shape index (κ1) is 17.9. The highest BCUT2D eigenvalue weighted by Crippen LogP contribution is 2.29. The molecule has 0 spiro atoms. The van der Waals surface area contributed by atoms with Crippen LogP contribution < -0.4 is 5.32 Å². The van der Waals surface area contributed by atoms with Crippen molar-refractivity contribution in [1.29, 1.82) is 0 Å². The first-order chi connectivity index (χ1) is 9.38. The third-order valence-corrected chi connectivity index (χ3v) is 6.57. The summed E-state index contributed by atoms with van der Waals surface area (Å²) in [6.07, 6.45) is 3.42. The van der Waals surface area contributed by atoms with E-state index >= 15 is 0 Å². The molecule has 0 aromatic rings. The summed E-state index contributed by atoms with van der Waals surface area (Å²) >= 11 is 0. The Bertz CT molecular complexity index is 377. The minimum atomic E-state index is -2.81. The molecule has 0 aromatic carbocycles. The van der Waals surface area contributed by atoms with Gasteiger partial charge in [0.2, 0.25) is 0 Å². The maximum atomic E-state index is 11.7. The summed E-state index contributed by atoms with van der Waals surface area (Å²) in [6, 6.07) is 0.150. The van der Waals surface area contributed by atoms with E-state index in [1.807, 2.05) is 6.92 Å². The van der Waals surface area contributed by atoms with Gasteiger partial charge in [0.25, 0.3) is 0 Å². The molecule has 1 atom stereocenters. The SMILES string of the molecule is CCCNCC(CC)(CC)CN1CCS(=O)(=O)CC1C. The van der Waals surface area contributed by atoms with Gasteiger partial charge in [0.1, 0.15) is 0 Å². The number of hydrogen-bond donors (Lipinski definition) is 1. The normalized spacial score (nSPS) is 23.9. The Balaban J connectivity index is 2.65. The summed E-state index contributed by atoms with van der Waals surface area (Å²) < 4.78 is 23.4. The van der Waals surface area contributed by atoms with Gasteiger partial charge in [0.05, 0.1) is 11.5 Å². The van der Waals surface area contributed by atoms with Crippen LogP contribution in [0.2, 0.25) is 0 Å². The van der Waals surface area contributed by atoms with Gasteiger partial charge in [-0.25, -0.2) is 8.42 Å². The van der Waals surface area contributed by atoms with Crippen LogP contribution in [0.15, 0.2) is 0 Å². The topological polar surface area (TPSA) is 49.4 Å². The van der Waals surface area contributed by atoms with Gasteiger partial charge >= 0.3 is 0 Å². The summed E-state index contributed by atoms with van der Waals surface area (Å²) in [7, 11) is -2.81. The fourth-order valence-electron chi connectivity index (χ4n) is 3.01. The Labute approximate surface area is 125 Å². The van der Waals surface area contributed by atoms with Crippen LogP contribution in [0.25, 0.3) is 0 Å². The molecule has 120 valence electrons. The van der Waals surface area contributed by atoms with Gasteiger partial charge < -0.3 is 5.32 Å². The quantitative estimate of drug-likeness (QED) is 0.696. The molecule has 1 aliphatic rings. The fourth-order valence-corrected chi connectivity index (χ4v) is 4.63. The number of sulfone groups is 1. The van der Waals surface area contributed by atoms with Crippen LogP contribution in [0.4, 0.5) is 0 Å². The van der Waals surface area contributed by atoms with E-state index in [0.29, 0.717) is 18.1 Å². The molecule has 1 fully saturated rings. The van der Waals surface area contributed by atoms with Crippen LogP contribution in [0.1, 0.15) is 47.0 Å². The summed E-state index contributed by atoms with van der Waals surface area (Å²) in [5.74, 6) is 0.641. The van der Waals surface area contributed by atoms with E-state index < -0.39 is 9.84 Å². The van der Waals surface area contributed by atoms with Crippen molar-refractivity contribution in [2.45, 2.75) is 53.0 Å². The second-order valence-electron chi connectivity index (χ2n) is 6.32. The molecule has 0 radical (unpaired) electrons. The van der Waals surface area contributed by atoms with Gasteiger partial charge in [-0.1, -0.05) is 20.8 Å². The third-order valence-electron chi connectivity index (χ3n) is 4.77. The molecule has 1 heterocycles. The molecule has 0 bridgehead atoms.